The van der Waals surface area contributed by atoms with E-state index in [-0.39, 0.29) is 0 Å². The van der Waals surface area contributed by atoms with E-state index in [0.717, 1.165) is 18.7 Å². The van der Waals surface area contributed by atoms with Gasteiger partial charge >= 0.3 is 0 Å². The maximum absolute atomic E-state index is 5.25. The number of anilines is 2. The summed E-state index contributed by atoms with van der Waals surface area (Å²) in [6.07, 6.45) is 2.50. The monoisotopic (exact) mass is 349 g/mol. The quantitative estimate of drug-likeness (QED) is 0.649. The average molecular weight is 349 g/mol. The highest BCUT2D eigenvalue weighted by atomic mass is 16.5. The van der Waals surface area contributed by atoms with Crippen LogP contribution in [0.25, 0.3) is 0 Å². The highest BCUT2D eigenvalue weighted by molar-refractivity contribution is 5.38. The predicted molar refractivity (Wildman–Crippen MR) is 104 cm³/mol. The Hall–Kier alpha value is -3.15. The van der Waals surface area contributed by atoms with Gasteiger partial charge in [-0.2, -0.15) is 10.1 Å². The van der Waals surface area contributed by atoms with Gasteiger partial charge in [0.2, 0.25) is 5.95 Å². The first-order chi connectivity index (χ1) is 12.7. The van der Waals surface area contributed by atoms with Crippen LogP contribution in [0.4, 0.5) is 11.8 Å². The lowest BCUT2D eigenvalue weighted by Gasteiger charge is -2.08. The molecular weight excluding hydrogens is 326 g/mol. The Morgan fingerprint density at radius 3 is 2.65 bits per heavy atom. The van der Waals surface area contributed by atoms with Crippen LogP contribution in [0.15, 0.2) is 54.7 Å². The number of hydrogen-bond donors (Lipinski definition) is 2. The van der Waals surface area contributed by atoms with E-state index in [2.05, 4.69) is 63.1 Å². The summed E-state index contributed by atoms with van der Waals surface area (Å²) in [4.78, 5) is 4.45. The maximum atomic E-state index is 5.25. The molecule has 1 aromatic heterocycles. The topological polar surface area (TPSA) is 72.0 Å². The molecule has 3 rings (SSSR count). The fourth-order valence-electron chi connectivity index (χ4n) is 2.51. The van der Waals surface area contributed by atoms with Gasteiger partial charge in [0.1, 0.15) is 5.75 Å². The fourth-order valence-corrected chi connectivity index (χ4v) is 2.51. The van der Waals surface area contributed by atoms with E-state index in [9.17, 15) is 0 Å². The van der Waals surface area contributed by atoms with Gasteiger partial charge in [0.05, 0.1) is 13.3 Å². The smallest absolute Gasteiger partial charge is 0.244 e. The summed E-state index contributed by atoms with van der Waals surface area (Å²) in [6, 6.07) is 16.4. The Bertz CT molecular complexity index is 836. The first kappa shape index (κ1) is 17.7. The molecule has 6 heteroatoms. The number of benzene rings is 2. The van der Waals surface area contributed by atoms with Crippen LogP contribution in [0, 0.1) is 6.92 Å². The number of aromatic nitrogens is 3. The van der Waals surface area contributed by atoms with Crippen LogP contribution < -0.4 is 15.4 Å². The van der Waals surface area contributed by atoms with Crippen LogP contribution in [0.3, 0.4) is 0 Å². The number of rotatable bonds is 8. The second-order valence-electron chi connectivity index (χ2n) is 6.03. The first-order valence-corrected chi connectivity index (χ1v) is 8.59. The van der Waals surface area contributed by atoms with Gasteiger partial charge in [0, 0.05) is 13.1 Å². The van der Waals surface area contributed by atoms with Crippen molar-refractivity contribution in [3.63, 3.8) is 0 Å². The Morgan fingerprint density at radius 1 is 1.00 bits per heavy atom. The largest absolute Gasteiger partial charge is 0.497 e. The summed E-state index contributed by atoms with van der Waals surface area (Å²) < 4.78 is 5.25. The lowest BCUT2D eigenvalue weighted by atomic mass is 10.1. The predicted octanol–water partition coefficient (Wildman–Crippen LogP) is 3.46. The van der Waals surface area contributed by atoms with Crippen molar-refractivity contribution in [3.05, 3.63) is 71.4 Å². The van der Waals surface area contributed by atoms with Gasteiger partial charge in [-0.05, 0) is 36.6 Å². The lowest BCUT2D eigenvalue weighted by Crippen LogP contribution is -2.10. The van der Waals surface area contributed by atoms with Gasteiger partial charge in [-0.1, -0.05) is 42.0 Å². The van der Waals surface area contributed by atoms with E-state index in [1.165, 1.54) is 16.7 Å². The van der Waals surface area contributed by atoms with Crippen molar-refractivity contribution in [2.24, 2.45) is 0 Å². The molecule has 0 radical (unpaired) electrons. The Labute approximate surface area is 153 Å². The van der Waals surface area contributed by atoms with Gasteiger partial charge < -0.3 is 15.4 Å². The Kier molecular flexibility index (Phi) is 5.98. The highest BCUT2D eigenvalue weighted by Crippen LogP contribution is 2.13. The van der Waals surface area contributed by atoms with E-state index >= 15 is 0 Å². The summed E-state index contributed by atoms with van der Waals surface area (Å²) >= 11 is 0. The van der Waals surface area contributed by atoms with Crippen molar-refractivity contribution < 1.29 is 4.74 Å². The molecule has 6 nitrogen and oxygen atoms in total. The van der Waals surface area contributed by atoms with Crippen LogP contribution in [-0.2, 0) is 13.0 Å². The molecule has 26 heavy (non-hydrogen) atoms. The summed E-state index contributed by atoms with van der Waals surface area (Å²) in [7, 11) is 1.68. The molecule has 0 unspecified atom stereocenters. The molecule has 134 valence electrons. The third-order valence-corrected chi connectivity index (χ3v) is 3.98. The molecule has 2 N–H and O–H groups in total. The fraction of sp³-hybridized carbons (Fsp3) is 0.250. The molecule has 0 aliphatic heterocycles. The minimum atomic E-state index is 0.511. The van der Waals surface area contributed by atoms with Gasteiger partial charge in [-0.25, -0.2) is 0 Å². The summed E-state index contributed by atoms with van der Waals surface area (Å²) in [5.74, 6) is 2.08. The minimum absolute atomic E-state index is 0.511. The molecule has 2 aromatic carbocycles. The molecule has 0 amide bonds. The van der Waals surface area contributed by atoms with Crippen molar-refractivity contribution in [1.29, 1.82) is 0 Å². The summed E-state index contributed by atoms with van der Waals surface area (Å²) in [6.45, 7) is 3.49. The molecule has 0 aliphatic rings. The second kappa shape index (κ2) is 8.80. The van der Waals surface area contributed by atoms with Crippen LogP contribution in [0.5, 0.6) is 5.75 Å². The van der Waals surface area contributed by atoms with Crippen LogP contribution in [0.1, 0.15) is 16.7 Å². The van der Waals surface area contributed by atoms with Gasteiger partial charge in [0.15, 0.2) is 5.82 Å². The maximum Gasteiger partial charge on any atom is 0.244 e. The molecule has 0 spiro atoms. The number of hydrogen-bond acceptors (Lipinski definition) is 6. The highest BCUT2D eigenvalue weighted by Gasteiger charge is 2.02. The third-order valence-electron chi connectivity index (χ3n) is 3.98. The third kappa shape index (κ3) is 5.17. The minimum Gasteiger partial charge on any atom is -0.497 e. The van der Waals surface area contributed by atoms with Crippen LogP contribution >= 0.6 is 0 Å². The molecular formula is C20H23N5O. The van der Waals surface area contributed by atoms with E-state index in [4.69, 9.17) is 4.74 Å². The van der Waals surface area contributed by atoms with Gasteiger partial charge in [0.25, 0.3) is 0 Å². The normalized spacial score (nSPS) is 10.4. The first-order valence-electron chi connectivity index (χ1n) is 8.59. The Morgan fingerprint density at radius 2 is 1.85 bits per heavy atom. The van der Waals surface area contributed by atoms with Crippen molar-refractivity contribution in [2.45, 2.75) is 19.9 Å². The summed E-state index contributed by atoms with van der Waals surface area (Å²) in [5.41, 5.74) is 3.63. The van der Waals surface area contributed by atoms with Gasteiger partial charge in [-0.3, -0.25) is 0 Å². The molecule has 3 aromatic rings. The van der Waals surface area contributed by atoms with Crippen molar-refractivity contribution in [1.82, 2.24) is 15.2 Å². The van der Waals surface area contributed by atoms with Crippen molar-refractivity contribution in [3.8, 4) is 5.75 Å². The number of methoxy groups -OCH3 is 1. The number of nitrogens with zero attached hydrogens (tertiary/aromatic N) is 3. The number of ether oxygens (including phenoxy) is 1. The molecule has 0 fully saturated rings. The zero-order chi connectivity index (χ0) is 18.2. The lowest BCUT2D eigenvalue weighted by molar-refractivity contribution is 0.414. The van der Waals surface area contributed by atoms with Crippen LogP contribution in [-0.4, -0.2) is 28.8 Å². The number of nitrogens with one attached hydrogen (secondary N) is 2. The van der Waals surface area contributed by atoms with E-state index in [0.29, 0.717) is 18.3 Å². The van der Waals surface area contributed by atoms with E-state index in [1.807, 2.05) is 18.2 Å². The molecule has 0 atom stereocenters. The SMILES string of the molecule is COc1cccc(CCNc2cnnc(NCc3ccc(C)cc3)n2)c1. The molecule has 0 aliphatic carbocycles. The number of aryl methyl sites for hydroxylation is 1. The van der Waals surface area contributed by atoms with E-state index in [1.54, 1.807) is 13.3 Å². The summed E-state index contributed by atoms with van der Waals surface area (Å²) in [5, 5.41) is 14.5. The Balaban J connectivity index is 1.51. The average Bonchev–Trinajstić information content (AvgIpc) is 2.68. The standard InChI is InChI=1S/C20H23N5O/c1-15-6-8-17(9-7-15)13-22-20-24-19(14-23-25-20)21-11-10-16-4-3-5-18(12-16)26-2/h3-9,12,14H,10-11,13H2,1-2H3,(H2,21,22,24,25). The second-order valence-corrected chi connectivity index (χ2v) is 6.03. The van der Waals surface area contributed by atoms with Gasteiger partial charge in [-0.15, -0.1) is 5.10 Å². The van der Waals surface area contributed by atoms with Crippen molar-refractivity contribution >= 4 is 11.8 Å². The molecule has 0 saturated heterocycles. The van der Waals surface area contributed by atoms with Crippen LogP contribution in [0.2, 0.25) is 0 Å². The molecule has 1 heterocycles. The van der Waals surface area contributed by atoms with E-state index < -0.39 is 0 Å². The molecule has 0 bridgehead atoms. The van der Waals surface area contributed by atoms with Crippen molar-refractivity contribution in [2.75, 3.05) is 24.3 Å². The molecule has 0 saturated carbocycles. The zero-order valence-electron chi connectivity index (χ0n) is 15.1. The zero-order valence-corrected chi connectivity index (χ0v) is 15.1.